The molecule has 2 atom stereocenters. The van der Waals surface area contributed by atoms with Crippen LogP contribution >= 0.6 is 0 Å². The van der Waals surface area contributed by atoms with Gasteiger partial charge in [-0.15, -0.1) is 0 Å². The number of ether oxygens (including phenoxy) is 1. The minimum atomic E-state index is -0.852. The smallest absolute Gasteiger partial charge is 0.244 e. The Morgan fingerprint density at radius 3 is 2.82 bits per heavy atom. The number of piperidine rings is 1. The first kappa shape index (κ1) is 15.0. The second-order valence-electron chi connectivity index (χ2n) is 6.00. The van der Waals surface area contributed by atoms with Gasteiger partial charge in [0.05, 0.1) is 12.1 Å². The fraction of sp³-hybridized carbons (Fsp3) is 0.500. The summed E-state index contributed by atoms with van der Waals surface area (Å²) in [5.74, 6) is 0.145. The molecule has 3 rings (SSSR count). The molecule has 2 aliphatic rings. The number of carbonyl (C=O) groups is 2. The number of aliphatic hydroxyl groups is 1. The molecule has 2 heterocycles. The fourth-order valence-electron chi connectivity index (χ4n) is 3.08. The Morgan fingerprint density at radius 1 is 1.36 bits per heavy atom. The number of hydrogen-bond donors (Lipinski definition) is 2. The van der Waals surface area contributed by atoms with Gasteiger partial charge in [-0.2, -0.15) is 0 Å². The molecule has 118 valence electrons. The largest absolute Gasteiger partial charge is 0.491 e. The van der Waals surface area contributed by atoms with E-state index in [-0.39, 0.29) is 17.9 Å². The highest BCUT2D eigenvalue weighted by Gasteiger charge is 2.40. The van der Waals surface area contributed by atoms with E-state index in [9.17, 15) is 14.7 Å². The molecule has 0 spiro atoms. The standard InChI is InChI=1S/C16H20N2O4/c1-9(2)22-13-5-3-4-10-11(13)8-18(16(10)21)12-6-7-14(19)17-15(12)20/h3-5,9,12,16,21H,6-8H2,1-2H3,(H,17,19,20). The van der Waals surface area contributed by atoms with Gasteiger partial charge >= 0.3 is 0 Å². The summed E-state index contributed by atoms with van der Waals surface area (Å²) in [6.45, 7) is 4.33. The summed E-state index contributed by atoms with van der Waals surface area (Å²) in [6.07, 6.45) is -0.0931. The van der Waals surface area contributed by atoms with E-state index in [0.29, 0.717) is 19.4 Å². The monoisotopic (exact) mass is 304 g/mol. The molecule has 2 aliphatic heterocycles. The number of carbonyl (C=O) groups excluding carboxylic acids is 2. The van der Waals surface area contributed by atoms with Crippen LogP contribution in [-0.2, 0) is 16.1 Å². The van der Waals surface area contributed by atoms with Crippen molar-refractivity contribution in [3.05, 3.63) is 29.3 Å². The van der Waals surface area contributed by atoms with Crippen LogP contribution in [-0.4, -0.2) is 34.0 Å². The van der Waals surface area contributed by atoms with Crippen molar-refractivity contribution in [2.24, 2.45) is 0 Å². The first-order chi connectivity index (χ1) is 10.5. The van der Waals surface area contributed by atoms with Gasteiger partial charge in [-0.25, -0.2) is 0 Å². The van der Waals surface area contributed by atoms with Crippen LogP contribution in [0.25, 0.3) is 0 Å². The number of nitrogens with one attached hydrogen (secondary N) is 1. The van der Waals surface area contributed by atoms with Gasteiger partial charge < -0.3 is 9.84 Å². The van der Waals surface area contributed by atoms with E-state index in [2.05, 4.69) is 5.32 Å². The number of aliphatic hydroxyl groups excluding tert-OH is 1. The van der Waals surface area contributed by atoms with E-state index in [1.807, 2.05) is 32.0 Å². The lowest BCUT2D eigenvalue weighted by molar-refractivity contribution is -0.141. The highest BCUT2D eigenvalue weighted by molar-refractivity contribution is 6.00. The molecular weight excluding hydrogens is 284 g/mol. The average Bonchev–Trinajstić information content (AvgIpc) is 2.77. The predicted molar refractivity (Wildman–Crippen MR) is 78.9 cm³/mol. The SMILES string of the molecule is CC(C)Oc1cccc2c1CN(C1CCC(=O)NC1=O)C2O. The molecule has 6 nitrogen and oxygen atoms in total. The van der Waals surface area contributed by atoms with E-state index in [4.69, 9.17) is 4.74 Å². The highest BCUT2D eigenvalue weighted by atomic mass is 16.5. The minimum Gasteiger partial charge on any atom is -0.491 e. The van der Waals surface area contributed by atoms with Crippen LogP contribution in [0, 0.1) is 0 Å². The van der Waals surface area contributed by atoms with Crippen molar-refractivity contribution in [1.29, 1.82) is 0 Å². The van der Waals surface area contributed by atoms with E-state index in [1.54, 1.807) is 4.90 Å². The van der Waals surface area contributed by atoms with Gasteiger partial charge in [-0.1, -0.05) is 12.1 Å². The Balaban J connectivity index is 1.86. The number of hydrogen-bond acceptors (Lipinski definition) is 5. The summed E-state index contributed by atoms with van der Waals surface area (Å²) in [5.41, 5.74) is 1.68. The second-order valence-corrected chi connectivity index (χ2v) is 6.00. The molecule has 0 aromatic heterocycles. The number of benzene rings is 1. The lowest BCUT2D eigenvalue weighted by Gasteiger charge is -2.31. The summed E-state index contributed by atoms with van der Waals surface area (Å²) in [4.78, 5) is 25.0. The highest BCUT2D eigenvalue weighted by Crippen LogP contribution is 2.39. The Bertz CT molecular complexity index is 614. The molecule has 0 saturated carbocycles. The molecule has 1 saturated heterocycles. The average molecular weight is 304 g/mol. The summed E-state index contributed by atoms with van der Waals surface area (Å²) < 4.78 is 5.79. The Hall–Kier alpha value is -1.92. The fourth-order valence-corrected chi connectivity index (χ4v) is 3.08. The molecule has 2 N–H and O–H groups in total. The number of amides is 2. The van der Waals surface area contributed by atoms with Crippen molar-refractivity contribution in [3.63, 3.8) is 0 Å². The third-order valence-electron chi connectivity index (χ3n) is 4.08. The van der Waals surface area contributed by atoms with E-state index >= 15 is 0 Å². The number of nitrogens with zero attached hydrogens (tertiary/aromatic N) is 1. The summed E-state index contributed by atoms with van der Waals surface area (Å²) in [7, 11) is 0. The molecule has 0 bridgehead atoms. The van der Waals surface area contributed by atoms with E-state index in [1.165, 1.54) is 0 Å². The third kappa shape index (κ3) is 2.60. The van der Waals surface area contributed by atoms with Gasteiger partial charge in [-0.3, -0.25) is 19.8 Å². The molecule has 1 aromatic rings. The quantitative estimate of drug-likeness (QED) is 0.817. The molecule has 1 fully saturated rings. The van der Waals surface area contributed by atoms with E-state index in [0.717, 1.165) is 16.9 Å². The van der Waals surface area contributed by atoms with Crippen LogP contribution in [0.5, 0.6) is 5.75 Å². The van der Waals surface area contributed by atoms with Gasteiger partial charge in [0.25, 0.3) is 0 Å². The van der Waals surface area contributed by atoms with Crippen LogP contribution in [0.15, 0.2) is 18.2 Å². The Labute approximate surface area is 129 Å². The molecule has 2 unspecified atom stereocenters. The van der Waals surface area contributed by atoms with Crippen LogP contribution < -0.4 is 10.1 Å². The molecule has 6 heteroatoms. The van der Waals surface area contributed by atoms with Crippen molar-refractivity contribution in [1.82, 2.24) is 10.2 Å². The maximum atomic E-state index is 12.0. The predicted octanol–water partition coefficient (Wildman–Crippen LogP) is 1.09. The molecule has 0 aliphatic carbocycles. The van der Waals surface area contributed by atoms with Crippen molar-refractivity contribution >= 4 is 11.8 Å². The number of rotatable bonds is 3. The van der Waals surface area contributed by atoms with Gasteiger partial charge in [0.2, 0.25) is 11.8 Å². The lowest BCUT2D eigenvalue weighted by atomic mass is 10.0. The summed E-state index contributed by atoms with van der Waals surface area (Å²) in [6, 6.07) is 5.07. The summed E-state index contributed by atoms with van der Waals surface area (Å²) in [5, 5.41) is 12.9. The van der Waals surface area contributed by atoms with Gasteiger partial charge in [0.1, 0.15) is 12.0 Å². The molecular formula is C16H20N2O4. The minimum absolute atomic E-state index is 0.0355. The molecule has 1 aromatic carbocycles. The van der Waals surface area contributed by atoms with Crippen molar-refractivity contribution in [2.75, 3.05) is 0 Å². The summed E-state index contributed by atoms with van der Waals surface area (Å²) >= 11 is 0. The molecule has 2 amide bonds. The van der Waals surface area contributed by atoms with Crippen LogP contribution in [0.4, 0.5) is 0 Å². The van der Waals surface area contributed by atoms with Crippen molar-refractivity contribution in [3.8, 4) is 5.75 Å². The first-order valence-electron chi connectivity index (χ1n) is 7.53. The zero-order valence-corrected chi connectivity index (χ0v) is 12.7. The van der Waals surface area contributed by atoms with Crippen molar-refractivity contribution < 1.29 is 19.4 Å². The Kier molecular flexibility index (Phi) is 3.88. The van der Waals surface area contributed by atoms with Crippen LogP contribution in [0.3, 0.4) is 0 Å². The maximum Gasteiger partial charge on any atom is 0.244 e. The second kappa shape index (κ2) is 5.70. The normalized spacial score (nSPS) is 25.3. The first-order valence-corrected chi connectivity index (χ1v) is 7.53. The number of fused-ring (bicyclic) bond motifs is 1. The topological polar surface area (TPSA) is 78.9 Å². The Morgan fingerprint density at radius 2 is 2.14 bits per heavy atom. The van der Waals surface area contributed by atoms with E-state index < -0.39 is 12.3 Å². The molecule has 0 radical (unpaired) electrons. The maximum absolute atomic E-state index is 12.0. The van der Waals surface area contributed by atoms with Crippen molar-refractivity contribution in [2.45, 2.75) is 51.6 Å². The molecule has 22 heavy (non-hydrogen) atoms. The zero-order valence-electron chi connectivity index (χ0n) is 12.7. The third-order valence-corrected chi connectivity index (χ3v) is 4.08. The van der Waals surface area contributed by atoms with Gasteiger partial charge in [-0.05, 0) is 26.3 Å². The van der Waals surface area contributed by atoms with Crippen LogP contribution in [0.1, 0.15) is 44.0 Å². The van der Waals surface area contributed by atoms with Gasteiger partial charge in [0, 0.05) is 24.1 Å². The number of imide groups is 1. The zero-order chi connectivity index (χ0) is 15.9. The van der Waals surface area contributed by atoms with Crippen LogP contribution in [0.2, 0.25) is 0 Å². The van der Waals surface area contributed by atoms with Gasteiger partial charge in [0.15, 0.2) is 0 Å². The lowest BCUT2D eigenvalue weighted by Crippen LogP contribution is -2.51.